The molecule has 0 bridgehead atoms. The van der Waals surface area contributed by atoms with E-state index in [1.807, 2.05) is 27.7 Å². The molecule has 2 N–H and O–H groups in total. The van der Waals surface area contributed by atoms with Gasteiger partial charge < -0.3 is 15.4 Å². The minimum Gasteiger partial charge on any atom is -0.444 e. The van der Waals surface area contributed by atoms with Crippen molar-refractivity contribution in [3.05, 3.63) is 0 Å². The Balaban J connectivity index is 2.36. The van der Waals surface area contributed by atoms with Crippen molar-refractivity contribution in [1.29, 1.82) is 0 Å². The van der Waals surface area contributed by atoms with Gasteiger partial charge in [0.2, 0.25) is 5.91 Å². The Morgan fingerprint density at radius 1 is 1.56 bits per heavy atom. The van der Waals surface area contributed by atoms with Crippen molar-refractivity contribution in [1.82, 2.24) is 10.6 Å². The lowest BCUT2D eigenvalue weighted by Crippen LogP contribution is -2.41. The molecule has 0 radical (unpaired) electrons. The van der Waals surface area contributed by atoms with E-state index in [-0.39, 0.29) is 17.9 Å². The molecule has 0 aromatic carbocycles. The predicted octanol–water partition coefficient (Wildman–Crippen LogP) is 1.04. The molecule has 5 heteroatoms. The van der Waals surface area contributed by atoms with Gasteiger partial charge >= 0.3 is 6.09 Å². The van der Waals surface area contributed by atoms with Gasteiger partial charge in [-0.25, -0.2) is 4.79 Å². The Morgan fingerprint density at radius 2 is 2.19 bits per heavy atom. The third-order valence-corrected chi connectivity index (χ3v) is 2.46. The fourth-order valence-electron chi connectivity index (χ4n) is 1.59. The van der Waals surface area contributed by atoms with E-state index in [4.69, 9.17) is 4.74 Å². The number of alkyl carbamates (subject to hydrolysis) is 1. The third kappa shape index (κ3) is 4.08. The normalized spacial score (nSPS) is 22.5. The van der Waals surface area contributed by atoms with Gasteiger partial charge in [-0.3, -0.25) is 4.79 Å². The molecule has 1 rings (SSSR count). The molecular weight excluding hydrogens is 208 g/mol. The molecule has 0 aromatic rings. The van der Waals surface area contributed by atoms with E-state index in [9.17, 15) is 9.59 Å². The standard InChI is InChI=1S/C11H20N2O3/c1-7(8-5-9(14)12-6-8)13-10(15)16-11(2,3)4/h7-8H,5-6H2,1-4H3,(H,12,14)(H,13,15)/t7-,8?/m0/s1. The summed E-state index contributed by atoms with van der Waals surface area (Å²) in [5.41, 5.74) is -0.493. The summed E-state index contributed by atoms with van der Waals surface area (Å²) in [4.78, 5) is 22.5. The summed E-state index contributed by atoms with van der Waals surface area (Å²) in [5, 5.41) is 5.49. The molecule has 1 heterocycles. The van der Waals surface area contributed by atoms with E-state index >= 15 is 0 Å². The average molecular weight is 228 g/mol. The highest BCUT2D eigenvalue weighted by Gasteiger charge is 2.28. The summed E-state index contributed by atoms with van der Waals surface area (Å²) in [5.74, 6) is 0.197. The average Bonchev–Trinajstić information content (AvgIpc) is 2.47. The Kier molecular flexibility index (Phi) is 3.78. The van der Waals surface area contributed by atoms with Crippen LogP contribution in [0.3, 0.4) is 0 Å². The number of ether oxygens (including phenoxy) is 1. The molecule has 2 atom stereocenters. The van der Waals surface area contributed by atoms with E-state index < -0.39 is 11.7 Å². The second-order valence-electron chi connectivity index (χ2n) is 5.20. The molecular formula is C11H20N2O3. The summed E-state index contributed by atoms with van der Waals surface area (Å²) in [6.45, 7) is 7.96. The lowest BCUT2D eigenvalue weighted by Gasteiger charge is -2.23. The fourth-order valence-corrected chi connectivity index (χ4v) is 1.59. The van der Waals surface area contributed by atoms with Crippen molar-refractivity contribution >= 4 is 12.0 Å². The van der Waals surface area contributed by atoms with Gasteiger partial charge in [0.25, 0.3) is 0 Å². The Hall–Kier alpha value is -1.26. The molecule has 5 nitrogen and oxygen atoms in total. The van der Waals surface area contributed by atoms with E-state index in [1.165, 1.54) is 0 Å². The van der Waals surface area contributed by atoms with Crippen LogP contribution in [-0.2, 0) is 9.53 Å². The molecule has 1 aliphatic heterocycles. The van der Waals surface area contributed by atoms with Crippen molar-refractivity contribution in [3.8, 4) is 0 Å². The molecule has 0 aromatic heterocycles. The number of carbonyl (C=O) groups excluding carboxylic acids is 2. The number of amides is 2. The summed E-state index contributed by atoms with van der Waals surface area (Å²) in [7, 11) is 0. The highest BCUT2D eigenvalue weighted by atomic mass is 16.6. The Morgan fingerprint density at radius 3 is 2.62 bits per heavy atom. The van der Waals surface area contributed by atoms with Gasteiger partial charge in [-0.15, -0.1) is 0 Å². The minimum atomic E-state index is -0.493. The van der Waals surface area contributed by atoms with Crippen LogP contribution in [0.5, 0.6) is 0 Å². The van der Waals surface area contributed by atoms with E-state index in [0.717, 1.165) is 0 Å². The lowest BCUT2D eigenvalue weighted by atomic mass is 10.0. The van der Waals surface area contributed by atoms with Gasteiger partial charge in [-0.2, -0.15) is 0 Å². The topological polar surface area (TPSA) is 67.4 Å². The maximum Gasteiger partial charge on any atom is 0.407 e. The smallest absolute Gasteiger partial charge is 0.407 e. The summed E-state index contributed by atoms with van der Waals surface area (Å²) in [6.07, 6.45) is 0.0381. The lowest BCUT2D eigenvalue weighted by molar-refractivity contribution is -0.119. The van der Waals surface area contributed by atoms with Crippen LogP contribution < -0.4 is 10.6 Å². The first-order chi connectivity index (χ1) is 7.28. The number of hydrogen-bond acceptors (Lipinski definition) is 3. The highest BCUT2D eigenvalue weighted by Crippen LogP contribution is 2.14. The van der Waals surface area contributed by atoms with Crippen molar-refractivity contribution in [2.45, 2.75) is 45.8 Å². The van der Waals surface area contributed by atoms with Crippen molar-refractivity contribution in [2.75, 3.05) is 6.54 Å². The first kappa shape index (κ1) is 12.8. The van der Waals surface area contributed by atoms with Crippen LogP contribution in [0.4, 0.5) is 4.79 Å². The van der Waals surface area contributed by atoms with Gasteiger partial charge in [-0.1, -0.05) is 0 Å². The molecule has 2 amide bonds. The van der Waals surface area contributed by atoms with Crippen LogP contribution in [-0.4, -0.2) is 30.2 Å². The van der Waals surface area contributed by atoms with Crippen LogP contribution in [0.25, 0.3) is 0 Å². The van der Waals surface area contributed by atoms with Crippen LogP contribution in [0.2, 0.25) is 0 Å². The number of carbonyl (C=O) groups is 2. The third-order valence-electron chi connectivity index (χ3n) is 2.46. The second kappa shape index (κ2) is 4.72. The van der Waals surface area contributed by atoms with E-state index in [1.54, 1.807) is 0 Å². The quantitative estimate of drug-likeness (QED) is 0.742. The van der Waals surface area contributed by atoms with Gasteiger partial charge in [0, 0.05) is 24.9 Å². The largest absolute Gasteiger partial charge is 0.444 e. The highest BCUT2D eigenvalue weighted by molar-refractivity contribution is 5.78. The maximum atomic E-state index is 11.5. The fraction of sp³-hybridized carbons (Fsp3) is 0.818. The van der Waals surface area contributed by atoms with Crippen LogP contribution in [0, 0.1) is 5.92 Å². The van der Waals surface area contributed by atoms with Crippen LogP contribution in [0.15, 0.2) is 0 Å². The first-order valence-electron chi connectivity index (χ1n) is 5.54. The zero-order valence-corrected chi connectivity index (χ0v) is 10.3. The summed E-state index contributed by atoms with van der Waals surface area (Å²) < 4.78 is 5.14. The summed E-state index contributed by atoms with van der Waals surface area (Å²) >= 11 is 0. The van der Waals surface area contributed by atoms with Crippen molar-refractivity contribution in [3.63, 3.8) is 0 Å². The maximum absolute atomic E-state index is 11.5. The van der Waals surface area contributed by atoms with E-state index in [2.05, 4.69) is 10.6 Å². The minimum absolute atomic E-state index is 0.0443. The summed E-state index contributed by atoms with van der Waals surface area (Å²) in [6, 6.07) is -0.0613. The Labute approximate surface area is 95.9 Å². The number of nitrogens with one attached hydrogen (secondary N) is 2. The molecule has 1 saturated heterocycles. The number of rotatable bonds is 2. The van der Waals surface area contributed by atoms with Gasteiger partial charge in [0.15, 0.2) is 0 Å². The Bertz CT molecular complexity index is 283. The zero-order valence-electron chi connectivity index (χ0n) is 10.3. The van der Waals surface area contributed by atoms with Gasteiger partial charge in [-0.05, 0) is 27.7 Å². The van der Waals surface area contributed by atoms with Gasteiger partial charge in [0.1, 0.15) is 5.60 Å². The number of hydrogen-bond donors (Lipinski definition) is 2. The second-order valence-corrected chi connectivity index (χ2v) is 5.20. The molecule has 92 valence electrons. The van der Waals surface area contributed by atoms with Crippen molar-refractivity contribution < 1.29 is 14.3 Å². The zero-order chi connectivity index (χ0) is 12.3. The van der Waals surface area contributed by atoms with E-state index in [0.29, 0.717) is 13.0 Å². The SMILES string of the molecule is C[C@H](NC(=O)OC(C)(C)C)C1CNC(=O)C1. The van der Waals surface area contributed by atoms with Crippen LogP contribution in [0.1, 0.15) is 34.1 Å². The predicted molar refractivity (Wildman–Crippen MR) is 59.9 cm³/mol. The molecule has 0 aliphatic carbocycles. The molecule has 1 fully saturated rings. The first-order valence-corrected chi connectivity index (χ1v) is 5.54. The molecule has 1 unspecified atom stereocenters. The molecule has 0 saturated carbocycles. The molecule has 0 spiro atoms. The molecule has 16 heavy (non-hydrogen) atoms. The molecule has 1 aliphatic rings. The van der Waals surface area contributed by atoms with Crippen molar-refractivity contribution in [2.24, 2.45) is 5.92 Å². The van der Waals surface area contributed by atoms with Crippen LogP contribution >= 0.6 is 0 Å². The monoisotopic (exact) mass is 228 g/mol. The van der Waals surface area contributed by atoms with Gasteiger partial charge in [0.05, 0.1) is 0 Å².